The number of likely N-dealkylation sites (N-methyl/N-ethyl adjacent to an activating group) is 1. The number of nitrogens with zero attached hydrogens (tertiary/aromatic N) is 2. The minimum Gasteiger partial charge on any atom is -0.354 e. The number of hydrogen-bond donors (Lipinski definition) is 1. The van der Waals surface area contributed by atoms with Crippen LogP contribution in [0.5, 0.6) is 0 Å². The average molecular weight is 408 g/mol. The Labute approximate surface area is 168 Å². The Kier molecular flexibility index (Phi) is 8.09. The minimum atomic E-state index is -0.415. The molecule has 0 aliphatic heterocycles. The van der Waals surface area contributed by atoms with Gasteiger partial charge in [0.15, 0.2) is 0 Å². The Morgan fingerprint density at radius 2 is 2.00 bits per heavy atom. The summed E-state index contributed by atoms with van der Waals surface area (Å²) in [5.41, 5.74) is 0.856. The van der Waals surface area contributed by atoms with Gasteiger partial charge in [0.2, 0.25) is 5.91 Å². The van der Waals surface area contributed by atoms with Crippen molar-refractivity contribution in [2.75, 3.05) is 25.9 Å². The molecule has 0 unspecified atom stereocenters. The number of halogens is 1. The second kappa shape index (κ2) is 10.3. The normalized spacial score (nSPS) is 12.0. The van der Waals surface area contributed by atoms with Crippen LogP contribution in [0.25, 0.3) is 0 Å². The fourth-order valence-corrected chi connectivity index (χ4v) is 3.36. The highest BCUT2D eigenvalue weighted by atomic mass is 35.5. The number of benzene rings is 2. The molecule has 144 valence electrons. The molecule has 0 aromatic heterocycles. The van der Waals surface area contributed by atoms with E-state index in [0.717, 1.165) is 16.2 Å². The zero-order valence-corrected chi connectivity index (χ0v) is 16.8. The lowest BCUT2D eigenvalue weighted by molar-refractivity contribution is -0.384. The van der Waals surface area contributed by atoms with Crippen molar-refractivity contribution in [3.8, 4) is 0 Å². The van der Waals surface area contributed by atoms with E-state index in [4.69, 9.17) is 11.6 Å². The molecule has 27 heavy (non-hydrogen) atoms. The molecule has 0 bridgehead atoms. The lowest BCUT2D eigenvalue weighted by Gasteiger charge is -2.24. The monoisotopic (exact) mass is 407 g/mol. The summed E-state index contributed by atoms with van der Waals surface area (Å²) in [5, 5.41) is 14.5. The first-order valence-corrected chi connectivity index (χ1v) is 9.83. The summed E-state index contributed by atoms with van der Waals surface area (Å²) < 4.78 is 0. The molecular weight excluding hydrogens is 386 g/mol. The lowest BCUT2D eigenvalue weighted by atomic mass is 10.1. The second-order valence-electron chi connectivity index (χ2n) is 6.10. The zero-order valence-electron chi connectivity index (χ0n) is 15.2. The summed E-state index contributed by atoms with van der Waals surface area (Å²) >= 11 is 7.50. The average Bonchev–Trinajstić information content (AvgIpc) is 2.66. The number of nitro benzene ring substituents is 1. The van der Waals surface area contributed by atoms with Crippen molar-refractivity contribution in [3.63, 3.8) is 0 Å². The van der Waals surface area contributed by atoms with Crippen LogP contribution >= 0.6 is 23.4 Å². The van der Waals surface area contributed by atoms with Gasteiger partial charge in [0.1, 0.15) is 0 Å². The van der Waals surface area contributed by atoms with Crippen LogP contribution in [0.3, 0.4) is 0 Å². The van der Waals surface area contributed by atoms with Crippen LogP contribution < -0.4 is 5.32 Å². The van der Waals surface area contributed by atoms with Gasteiger partial charge in [0.05, 0.1) is 11.5 Å². The van der Waals surface area contributed by atoms with Crippen LogP contribution in [0.2, 0.25) is 5.02 Å². The summed E-state index contributed by atoms with van der Waals surface area (Å²) in [5.74, 6) is 0.684. The van der Waals surface area contributed by atoms with E-state index in [9.17, 15) is 14.9 Å². The molecule has 2 aromatic rings. The van der Waals surface area contributed by atoms with Crippen molar-refractivity contribution in [1.82, 2.24) is 10.2 Å². The molecule has 0 aliphatic carbocycles. The molecule has 1 atom stereocenters. The van der Waals surface area contributed by atoms with Crippen LogP contribution in [-0.4, -0.2) is 41.6 Å². The lowest BCUT2D eigenvalue weighted by Crippen LogP contribution is -2.37. The third kappa shape index (κ3) is 6.86. The number of nitrogens with one attached hydrogen (secondary N) is 1. The number of carbonyl (C=O) groups excluding carboxylic acids is 1. The number of non-ortho nitro benzene ring substituents is 1. The van der Waals surface area contributed by atoms with Crippen LogP contribution in [0.15, 0.2) is 53.4 Å². The van der Waals surface area contributed by atoms with Gasteiger partial charge in [0.25, 0.3) is 5.69 Å². The summed E-state index contributed by atoms with van der Waals surface area (Å²) in [7, 11) is 1.82. The van der Waals surface area contributed by atoms with Gasteiger partial charge in [-0.2, -0.15) is 0 Å². The Balaban J connectivity index is 1.76. The molecule has 0 saturated carbocycles. The number of amides is 1. The number of carbonyl (C=O) groups is 1. The third-order valence-corrected chi connectivity index (χ3v) is 5.39. The third-order valence-electron chi connectivity index (χ3n) is 4.12. The van der Waals surface area contributed by atoms with Gasteiger partial charge in [-0.1, -0.05) is 23.7 Å². The van der Waals surface area contributed by atoms with Gasteiger partial charge < -0.3 is 5.32 Å². The molecule has 0 radical (unpaired) electrons. The quantitative estimate of drug-likeness (QED) is 0.292. The van der Waals surface area contributed by atoms with Crippen LogP contribution in [0.4, 0.5) is 5.69 Å². The molecule has 0 heterocycles. The summed E-state index contributed by atoms with van der Waals surface area (Å²) in [6.45, 7) is 2.70. The summed E-state index contributed by atoms with van der Waals surface area (Å²) in [6.07, 6.45) is 0. The van der Waals surface area contributed by atoms with Gasteiger partial charge in [-0.25, -0.2) is 0 Å². The molecule has 2 aromatic carbocycles. The second-order valence-corrected chi connectivity index (χ2v) is 7.70. The fraction of sp³-hybridized carbons (Fsp3) is 0.316. The predicted octanol–water partition coefficient (Wildman–Crippen LogP) is 4.15. The largest absolute Gasteiger partial charge is 0.354 e. The van der Waals surface area contributed by atoms with Gasteiger partial charge in [-0.05, 0) is 43.8 Å². The Hall–Kier alpha value is -2.09. The van der Waals surface area contributed by atoms with E-state index < -0.39 is 4.92 Å². The molecular formula is C19H22ClN3O3S. The highest BCUT2D eigenvalue weighted by molar-refractivity contribution is 7.99. The molecule has 2 rings (SSSR count). The summed E-state index contributed by atoms with van der Waals surface area (Å²) in [6, 6.07) is 14.0. The Morgan fingerprint density at radius 3 is 2.67 bits per heavy atom. The van der Waals surface area contributed by atoms with E-state index in [-0.39, 0.29) is 24.2 Å². The maximum atomic E-state index is 12.1. The van der Waals surface area contributed by atoms with Gasteiger partial charge in [-0.15, -0.1) is 11.8 Å². The molecule has 0 fully saturated rings. The maximum Gasteiger partial charge on any atom is 0.269 e. The predicted molar refractivity (Wildman–Crippen MR) is 109 cm³/mol. The van der Waals surface area contributed by atoms with Crippen molar-refractivity contribution in [1.29, 1.82) is 0 Å². The fourth-order valence-electron chi connectivity index (χ4n) is 2.46. The van der Waals surface area contributed by atoms with Crippen molar-refractivity contribution in [2.24, 2.45) is 0 Å². The zero-order chi connectivity index (χ0) is 19.8. The number of hydrogen-bond acceptors (Lipinski definition) is 5. The van der Waals surface area contributed by atoms with Crippen LogP contribution in [0.1, 0.15) is 18.5 Å². The standard InChI is InChI=1S/C19H22ClN3O3S/c1-14(15-4-3-5-17(12-15)23(25)26)22(2)13-19(24)21-10-11-27-18-8-6-16(20)7-9-18/h3-9,12,14H,10-11,13H2,1-2H3,(H,21,24)/t14-/m1/s1. The molecule has 6 nitrogen and oxygen atoms in total. The van der Waals surface area contributed by atoms with Gasteiger partial charge in [-0.3, -0.25) is 19.8 Å². The number of thioether (sulfide) groups is 1. The van der Waals surface area contributed by atoms with E-state index in [1.54, 1.807) is 23.9 Å². The van der Waals surface area contributed by atoms with E-state index in [2.05, 4.69) is 5.32 Å². The van der Waals surface area contributed by atoms with E-state index in [0.29, 0.717) is 11.6 Å². The molecule has 1 N–H and O–H groups in total. The first-order chi connectivity index (χ1) is 12.9. The SMILES string of the molecule is C[C@H](c1cccc([N+](=O)[O-])c1)N(C)CC(=O)NCCSc1ccc(Cl)cc1. The number of rotatable bonds is 9. The maximum absolute atomic E-state index is 12.1. The number of nitro groups is 1. The molecule has 1 amide bonds. The van der Waals surface area contributed by atoms with E-state index in [1.807, 2.05) is 49.2 Å². The molecule has 0 saturated heterocycles. The topological polar surface area (TPSA) is 75.5 Å². The van der Waals surface area contributed by atoms with Crippen molar-refractivity contribution < 1.29 is 9.72 Å². The summed E-state index contributed by atoms with van der Waals surface area (Å²) in [4.78, 5) is 25.6. The van der Waals surface area contributed by atoms with Gasteiger partial charge in [0, 0.05) is 40.4 Å². The smallest absolute Gasteiger partial charge is 0.269 e. The Morgan fingerprint density at radius 1 is 1.30 bits per heavy atom. The van der Waals surface area contributed by atoms with Crippen molar-refractivity contribution in [3.05, 3.63) is 69.2 Å². The molecule has 0 aliphatic rings. The highest BCUT2D eigenvalue weighted by Gasteiger charge is 2.17. The van der Waals surface area contributed by atoms with Gasteiger partial charge >= 0.3 is 0 Å². The van der Waals surface area contributed by atoms with Crippen LogP contribution in [0, 0.1) is 10.1 Å². The first-order valence-electron chi connectivity index (χ1n) is 8.46. The van der Waals surface area contributed by atoms with E-state index >= 15 is 0 Å². The highest BCUT2D eigenvalue weighted by Crippen LogP contribution is 2.23. The van der Waals surface area contributed by atoms with Crippen molar-refractivity contribution in [2.45, 2.75) is 17.9 Å². The molecule has 0 spiro atoms. The Bertz CT molecular complexity index is 786. The first kappa shape index (κ1) is 21.2. The molecule has 8 heteroatoms. The minimum absolute atomic E-state index is 0.0522. The van der Waals surface area contributed by atoms with E-state index in [1.165, 1.54) is 6.07 Å². The van der Waals surface area contributed by atoms with Crippen molar-refractivity contribution >= 4 is 35.0 Å². The van der Waals surface area contributed by atoms with Crippen LogP contribution in [-0.2, 0) is 4.79 Å².